The summed E-state index contributed by atoms with van der Waals surface area (Å²) in [5, 5.41) is 7.25. The van der Waals surface area contributed by atoms with Crippen LogP contribution in [-0.2, 0) is 31.2 Å². The average molecular weight is 326 g/mol. The summed E-state index contributed by atoms with van der Waals surface area (Å²) in [5.41, 5.74) is 3.98. The van der Waals surface area contributed by atoms with Crippen LogP contribution in [-0.4, -0.2) is 39.7 Å². The van der Waals surface area contributed by atoms with E-state index in [4.69, 9.17) is 0 Å². The van der Waals surface area contributed by atoms with Crippen molar-refractivity contribution in [3.05, 3.63) is 53.3 Å². The summed E-state index contributed by atoms with van der Waals surface area (Å²) in [7, 11) is 1.89. The normalized spacial score (nSPS) is 15.8. The van der Waals surface area contributed by atoms with E-state index in [9.17, 15) is 4.79 Å². The number of amides is 1. The maximum Gasteiger partial charge on any atom is 0.220 e. The Morgan fingerprint density at radius 1 is 1.33 bits per heavy atom. The zero-order chi connectivity index (χ0) is 16.9. The first-order chi connectivity index (χ1) is 11.6. The van der Waals surface area contributed by atoms with Gasteiger partial charge in [0.05, 0.1) is 6.20 Å². The predicted octanol–water partition coefficient (Wildman–Crippen LogP) is 1.92. The Bertz CT molecular complexity index is 694. The summed E-state index contributed by atoms with van der Waals surface area (Å²) in [6, 6.07) is 8.80. The second-order valence-electron chi connectivity index (χ2n) is 6.74. The van der Waals surface area contributed by atoms with Gasteiger partial charge in [-0.15, -0.1) is 0 Å². The third-order valence-corrected chi connectivity index (χ3v) is 4.55. The largest absolute Gasteiger partial charge is 0.352 e. The lowest BCUT2D eigenvalue weighted by atomic mass is 9.99. The van der Waals surface area contributed by atoms with Gasteiger partial charge in [0, 0.05) is 45.3 Å². The second-order valence-corrected chi connectivity index (χ2v) is 6.74. The van der Waals surface area contributed by atoms with Gasteiger partial charge in [-0.05, 0) is 36.5 Å². The van der Waals surface area contributed by atoms with Gasteiger partial charge < -0.3 is 5.32 Å². The molecule has 1 aromatic carbocycles. The summed E-state index contributed by atoms with van der Waals surface area (Å²) in [6.45, 7) is 5.02. The standard InChI is InChI=1S/C19H26N4O/c1-15(21-19(24)8-7-16-11-20-22(2)13-16)12-23-10-9-17-5-3-4-6-18(17)14-23/h3-6,11,13,15H,7-10,12,14H2,1-2H3,(H,21,24)/t15-/m0/s1. The monoisotopic (exact) mass is 326 g/mol. The van der Waals surface area contributed by atoms with Crippen LogP contribution in [0.5, 0.6) is 0 Å². The molecule has 0 bridgehead atoms. The highest BCUT2D eigenvalue weighted by molar-refractivity contribution is 5.76. The molecule has 24 heavy (non-hydrogen) atoms. The SMILES string of the molecule is C[C@@H](CN1CCc2ccccc2C1)NC(=O)CCc1cnn(C)c1. The van der Waals surface area contributed by atoms with Gasteiger partial charge in [0.25, 0.3) is 0 Å². The van der Waals surface area contributed by atoms with Crippen molar-refractivity contribution in [2.45, 2.75) is 38.8 Å². The van der Waals surface area contributed by atoms with Crippen molar-refractivity contribution in [3.8, 4) is 0 Å². The van der Waals surface area contributed by atoms with E-state index < -0.39 is 0 Å². The van der Waals surface area contributed by atoms with Gasteiger partial charge in [-0.1, -0.05) is 24.3 Å². The molecule has 1 aliphatic heterocycles. The van der Waals surface area contributed by atoms with Gasteiger partial charge in [-0.2, -0.15) is 5.10 Å². The molecule has 1 N–H and O–H groups in total. The Morgan fingerprint density at radius 2 is 2.12 bits per heavy atom. The van der Waals surface area contributed by atoms with Crippen LogP contribution in [0.15, 0.2) is 36.7 Å². The van der Waals surface area contributed by atoms with Crippen molar-refractivity contribution in [1.29, 1.82) is 0 Å². The number of benzene rings is 1. The predicted molar refractivity (Wildman–Crippen MR) is 94.6 cm³/mol. The third kappa shape index (κ3) is 4.45. The molecular formula is C19H26N4O. The average Bonchev–Trinajstić information content (AvgIpc) is 2.98. The quantitative estimate of drug-likeness (QED) is 0.882. The Kier molecular flexibility index (Phi) is 5.30. The molecule has 5 nitrogen and oxygen atoms in total. The van der Waals surface area contributed by atoms with Crippen LogP contribution >= 0.6 is 0 Å². The number of carbonyl (C=O) groups excluding carboxylic acids is 1. The van der Waals surface area contributed by atoms with E-state index in [2.05, 4.69) is 46.5 Å². The molecule has 2 heterocycles. The van der Waals surface area contributed by atoms with Crippen molar-refractivity contribution in [2.24, 2.45) is 7.05 Å². The van der Waals surface area contributed by atoms with Crippen molar-refractivity contribution in [1.82, 2.24) is 20.0 Å². The van der Waals surface area contributed by atoms with Crippen LogP contribution in [0.1, 0.15) is 30.0 Å². The number of fused-ring (bicyclic) bond motifs is 1. The second kappa shape index (κ2) is 7.62. The number of nitrogens with one attached hydrogen (secondary N) is 1. The summed E-state index contributed by atoms with van der Waals surface area (Å²) in [4.78, 5) is 14.5. The fraction of sp³-hybridized carbons (Fsp3) is 0.474. The Hall–Kier alpha value is -2.14. The summed E-state index contributed by atoms with van der Waals surface area (Å²) in [5.74, 6) is 0.115. The van der Waals surface area contributed by atoms with Crippen LogP contribution in [0.25, 0.3) is 0 Å². The maximum absolute atomic E-state index is 12.1. The summed E-state index contributed by atoms with van der Waals surface area (Å²) in [6.07, 6.45) is 6.13. The van der Waals surface area contributed by atoms with E-state index in [-0.39, 0.29) is 11.9 Å². The van der Waals surface area contributed by atoms with Gasteiger partial charge in [-0.3, -0.25) is 14.4 Å². The molecule has 5 heteroatoms. The van der Waals surface area contributed by atoms with Gasteiger partial charge in [0.15, 0.2) is 0 Å². The lowest BCUT2D eigenvalue weighted by Gasteiger charge is -2.31. The first kappa shape index (κ1) is 16.7. The molecule has 1 amide bonds. The molecule has 0 aliphatic carbocycles. The molecule has 1 aliphatic rings. The molecule has 0 spiro atoms. The molecule has 0 saturated carbocycles. The van der Waals surface area contributed by atoms with Crippen molar-refractivity contribution in [3.63, 3.8) is 0 Å². The summed E-state index contributed by atoms with van der Waals surface area (Å²) < 4.78 is 1.77. The van der Waals surface area contributed by atoms with E-state index in [0.717, 1.165) is 38.0 Å². The molecule has 2 aromatic rings. The van der Waals surface area contributed by atoms with Crippen LogP contribution in [0.4, 0.5) is 0 Å². The third-order valence-electron chi connectivity index (χ3n) is 4.55. The fourth-order valence-electron chi connectivity index (χ4n) is 3.35. The van der Waals surface area contributed by atoms with Crippen LogP contribution in [0, 0.1) is 0 Å². The Labute approximate surface area is 143 Å². The molecule has 128 valence electrons. The van der Waals surface area contributed by atoms with Gasteiger partial charge in [0.1, 0.15) is 0 Å². The zero-order valence-electron chi connectivity index (χ0n) is 14.5. The minimum absolute atomic E-state index is 0.115. The number of rotatable bonds is 6. The number of hydrogen-bond donors (Lipinski definition) is 1. The van der Waals surface area contributed by atoms with Crippen LogP contribution in [0.3, 0.4) is 0 Å². The number of hydrogen-bond acceptors (Lipinski definition) is 3. The smallest absolute Gasteiger partial charge is 0.220 e. The highest BCUT2D eigenvalue weighted by Crippen LogP contribution is 2.18. The number of carbonyl (C=O) groups is 1. The van der Waals surface area contributed by atoms with Gasteiger partial charge >= 0.3 is 0 Å². The van der Waals surface area contributed by atoms with Crippen molar-refractivity contribution >= 4 is 5.91 Å². The topological polar surface area (TPSA) is 50.2 Å². The molecule has 0 saturated heterocycles. The van der Waals surface area contributed by atoms with E-state index in [0.29, 0.717) is 6.42 Å². The van der Waals surface area contributed by atoms with Gasteiger partial charge in [0.2, 0.25) is 5.91 Å². The number of aromatic nitrogens is 2. The maximum atomic E-state index is 12.1. The molecule has 0 radical (unpaired) electrons. The lowest BCUT2D eigenvalue weighted by Crippen LogP contribution is -2.43. The Morgan fingerprint density at radius 3 is 2.88 bits per heavy atom. The van der Waals surface area contributed by atoms with Crippen molar-refractivity contribution < 1.29 is 4.79 Å². The van der Waals surface area contributed by atoms with E-state index in [1.165, 1.54) is 11.1 Å². The number of aryl methyl sites for hydroxylation is 2. The fourth-order valence-corrected chi connectivity index (χ4v) is 3.35. The van der Waals surface area contributed by atoms with Gasteiger partial charge in [-0.25, -0.2) is 0 Å². The number of nitrogens with zero attached hydrogens (tertiary/aromatic N) is 3. The molecule has 0 unspecified atom stereocenters. The molecule has 3 rings (SSSR count). The molecular weight excluding hydrogens is 300 g/mol. The van der Waals surface area contributed by atoms with Crippen LogP contribution < -0.4 is 5.32 Å². The summed E-state index contributed by atoms with van der Waals surface area (Å²) >= 11 is 0. The lowest BCUT2D eigenvalue weighted by molar-refractivity contribution is -0.121. The zero-order valence-corrected chi connectivity index (χ0v) is 14.5. The highest BCUT2D eigenvalue weighted by atomic mass is 16.1. The molecule has 1 atom stereocenters. The first-order valence-electron chi connectivity index (χ1n) is 8.66. The minimum atomic E-state index is 0.115. The Balaban J connectivity index is 1.42. The highest BCUT2D eigenvalue weighted by Gasteiger charge is 2.18. The van der Waals surface area contributed by atoms with E-state index >= 15 is 0 Å². The first-order valence-corrected chi connectivity index (χ1v) is 8.66. The molecule has 0 fully saturated rings. The van der Waals surface area contributed by atoms with Crippen LogP contribution in [0.2, 0.25) is 0 Å². The van der Waals surface area contributed by atoms with Crippen molar-refractivity contribution in [2.75, 3.05) is 13.1 Å². The minimum Gasteiger partial charge on any atom is -0.352 e. The molecule has 1 aromatic heterocycles. The van der Waals surface area contributed by atoms with E-state index in [1.807, 2.05) is 19.4 Å². The van der Waals surface area contributed by atoms with E-state index in [1.54, 1.807) is 4.68 Å².